The highest BCUT2D eigenvalue weighted by atomic mass is 32.2. The average molecular weight is 321 g/mol. The Balaban J connectivity index is 2.26. The standard InChI is InChI=1S/C11H19N3O4S2/c1-8(2)20(17,18)14-5-4-9(7-14)11-10(6-12-13-11)19(3,15)16/h6,8-9H,4-5,7H2,1-3H3,(H,12,13)/t9-/m1/s1. The van der Waals surface area contributed by atoms with Crippen LogP contribution in [0.15, 0.2) is 11.1 Å². The predicted octanol–water partition coefficient (Wildman–Crippen LogP) is 0.341. The molecular weight excluding hydrogens is 302 g/mol. The number of hydrogen-bond donors (Lipinski definition) is 1. The molecule has 7 nitrogen and oxygen atoms in total. The van der Waals surface area contributed by atoms with Crippen LogP contribution in [0, 0.1) is 0 Å². The molecule has 9 heteroatoms. The van der Waals surface area contributed by atoms with E-state index in [0.717, 1.165) is 6.26 Å². The first-order valence-corrected chi connectivity index (χ1v) is 9.75. The van der Waals surface area contributed by atoms with Gasteiger partial charge in [-0.15, -0.1) is 0 Å². The smallest absolute Gasteiger partial charge is 0.216 e. The highest BCUT2D eigenvalue weighted by Gasteiger charge is 2.36. The van der Waals surface area contributed by atoms with E-state index in [2.05, 4.69) is 10.2 Å². The van der Waals surface area contributed by atoms with E-state index in [1.165, 1.54) is 10.5 Å². The van der Waals surface area contributed by atoms with Crippen LogP contribution in [-0.4, -0.2) is 55.9 Å². The Kier molecular flexibility index (Phi) is 3.96. The third-order valence-corrected chi connectivity index (χ3v) is 6.91. The molecule has 1 aliphatic heterocycles. The summed E-state index contributed by atoms with van der Waals surface area (Å²) < 4.78 is 49.0. The van der Waals surface area contributed by atoms with E-state index in [0.29, 0.717) is 25.2 Å². The highest BCUT2D eigenvalue weighted by Crippen LogP contribution is 2.32. The third kappa shape index (κ3) is 2.75. The number of hydrogen-bond acceptors (Lipinski definition) is 5. The largest absolute Gasteiger partial charge is 0.281 e. The van der Waals surface area contributed by atoms with Crippen molar-refractivity contribution in [3.8, 4) is 0 Å². The van der Waals surface area contributed by atoms with Gasteiger partial charge in [0.2, 0.25) is 10.0 Å². The molecule has 1 atom stereocenters. The minimum atomic E-state index is -3.36. The number of nitrogens with one attached hydrogen (secondary N) is 1. The van der Waals surface area contributed by atoms with Crippen molar-refractivity contribution in [1.82, 2.24) is 14.5 Å². The van der Waals surface area contributed by atoms with Crippen molar-refractivity contribution < 1.29 is 16.8 Å². The van der Waals surface area contributed by atoms with Crippen LogP contribution in [0.2, 0.25) is 0 Å². The summed E-state index contributed by atoms with van der Waals surface area (Å²) in [5.41, 5.74) is 0.508. The second-order valence-electron chi connectivity index (χ2n) is 5.36. The van der Waals surface area contributed by atoms with Crippen LogP contribution in [0.25, 0.3) is 0 Å². The average Bonchev–Trinajstić information content (AvgIpc) is 2.96. The molecule has 20 heavy (non-hydrogen) atoms. The van der Waals surface area contributed by atoms with Crippen molar-refractivity contribution in [1.29, 1.82) is 0 Å². The van der Waals surface area contributed by atoms with Crippen molar-refractivity contribution in [2.45, 2.75) is 36.3 Å². The van der Waals surface area contributed by atoms with Crippen LogP contribution >= 0.6 is 0 Å². The lowest BCUT2D eigenvalue weighted by Gasteiger charge is -2.19. The first-order valence-electron chi connectivity index (χ1n) is 6.36. The molecule has 0 saturated carbocycles. The van der Waals surface area contributed by atoms with Crippen molar-refractivity contribution >= 4 is 19.9 Å². The van der Waals surface area contributed by atoms with Gasteiger partial charge in [-0.3, -0.25) is 5.10 Å². The second-order valence-corrected chi connectivity index (χ2v) is 9.83. The second kappa shape index (κ2) is 5.12. The quantitative estimate of drug-likeness (QED) is 0.862. The molecule has 0 amide bonds. The maximum absolute atomic E-state index is 12.1. The number of sulfone groups is 1. The summed E-state index contributed by atoms with van der Waals surface area (Å²) in [5.74, 6) is -0.157. The van der Waals surface area contributed by atoms with Crippen molar-refractivity contribution in [2.75, 3.05) is 19.3 Å². The Morgan fingerprint density at radius 2 is 2.00 bits per heavy atom. The zero-order chi connectivity index (χ0) is 15.1. The zero-order valence-corrected chi connectivity index (χ0v) is 13.3. The van der Waals surface area contributed by atoms with Gasteiger partial charge in [-0.2, -0.15) is 5.10 Å². The summed E-state index contributed by atoms with van der Waals surface area (Å²) in [4.78, 5) is 0.159. The van der Waals surface area contributed by atoms with Crippen LogP contribution in [0.3, 0.4) is 0 Å². The Bertz CT molecular complexity index is 691. The molecule has 1 aromatic heterocycles. The van der Waals surface area contributed by atoms with Gasteiger partial charge in [-0.25, -0.2) is 21.1 Å². The van der Waals surface area contributed by atoms with Gasteiger partial charge in [-0.1, -0.05) is 0 Å². The molecule has 0 unspecified atom stereocenters. The van der Waals surface area contributed by atoms with Gasteiger partial charge in [0, 0.05) is 25.3 Å². The van der Waals surface area contributed by atoms with E-state index in [4.69, 9.17) is 0 Å². The summed E-state index contributed by atoms with van der Waals surface area (Å²) in [6, 6.07) is 0. The lowest BCUT2D eigenvalue weighted by Crippen LogP contribution is -2.34. The topological polar surface area (TPSA) is 100 Å². The van der Waals surface area contributed by atoms with Gasteiger partial charge >= 0.3 is 0 Å². The zero-order valence-electron chi connectivity index (χ0n) is 11.7. The Morgan fingerprint density at radius 1 is 1.35 bits per heavy atom. The predicted molar refractivity (Wildman–Crippen MR) is 74.7 cm³/mol. The molecule has 0 bridgehead atoms. The van der Waals surface area contributed by atoms with E-state index >= 15 is 0 Å². The molecule has 0 aliphatic carbocycles. The van der Waals surface area contributed by atoms with Gasteiger partial charge in [0.05, 0.1) is 17.1 Å². The van der Waals surface area contributed by atoms with E-state index in [1.54, 1.807) is 13.8 Å². The number of aromatic nitrogens is 2. The summed E-state index contributed by atoms with van der Waals surface area (Å²) in [6.07, 6.45) is 3.00. The first-order chi connectivity index (χ1) is 9.14. The minimum absolute atomic E-state index is 0.157. The summed E-state index contributed by atoms with van der Waals surface area (Å²) in [7, 11) is -6.66. The van der Waals surface area contributed by atoms with Gasteiger partial charge < -0.3 is 0 Å². The number of sulfonamides is 1. The van der Waals surface area contributed by atoms with E-state index in [1.807, 2.05) is 0 Å². The van der Waals surface area contributed by atoms with Crippen molar-refractivity contribution in [2.24, 2.45) is 0 Å². The fourth-order valence-corrected chi connectivity index (χ4v) is 4.57. The molecule has 0 aromatic carbocycles. The lowest BCUT2D eigenvalue weighted by atomic mass is 10.1. The Hall–Kier alpha value is -0.930. The SMILES string of the molecule is CC(C)S(=O)(=O)N1CC[C@@H](c2[nH]ncc2S(C)(=O)=O)C1. The Morgan fingerprint density at radius 3 is 2.55 bits per heavy atom. The van der Waals surface area contributed by atoms with E-state index in [9.17, 15) is 16.8 Å². The van der Waals surface area contributed by atoms with Crippen LogP contribution in [-0.2, 0) is 19.9 Å². The molecule has 1 fully saturated rings. The fraction of sp³-hybridized carbons (Fsp3) is 0.727. The molecule has 2 rings (SSSR count). The fourth-order valence-electron chi connectivity index (χ4n) is 2.37. The summed E-state index contributed by atoms with van der Waals surface area (Å²) >= 11 is 0. The van der Waals surface area contributed by atoms with Gasteiger partial charge in [0.25, 0.3) is 0 Å². The maximum atomic E-state index is 12.1. The van der Waals surface area contributed by atoms with Gasteiger partial charge in [0.1, 0.15) is 4.90 Å². The molecule has 1 saturated heterocycles. The molecule has 1 aromatic rings. The van der Waals surface area contributed by atoms with Crippen molar-refractivity contribution in [3.05, 3.63) is 11.9 Å². The van der Waals surface area contributed by atoms with Crippen molar-refractivity contribution in [3.63, 3.8) is 0 Å². The van der Waals surface area contributed by atoms with Crippen LogP contribution in [0.5, 0.6) is 0 Å². The molecule has 1 N–H and O–H groups in total. The van der Waals surface area contributed by atoms with Crippen LogP contribution < -0.4 is 0 Å². The number of H-pyrrole nitrogens is 1. The summed E-state index contributed by atoms with van der Waals surface area (Å²) in [5, 5.41) is 6.01. The maximum Gasteiger partial charge on any atom is 0.216 e. The summed E-state index contributed by atoms with van der Waals surface area (Å²) in [6.45, 7) is 3.99. The molecule has 114 valence electrons. The number of rotatable bonds is 4. The minimum Gasteiger partial charge on any atom is -0.281 e. The molecule has 2 heterocycles. The molecular formula is C11H19N3O4S2. The highest BCUT2D eigenvalue weighted by molar-refractivity contribution is 7.90. The molecule has 0 spiro atoms. The lowest BCUT2D eigenvalue weighted by molar-refractivity contribution is 0.464. The van der Waals surface area contributed by atoms with Crippen LogP contribution in [0.1, 0.15) is 31.9 Å². The van der Waals surface area contributed by atoms with Gasteiger partial charge in [0.15, 0.2) is 9.84 Å². The van der Waals surface area contributed by atoms with Gasteiger partial charge in [-0.05, 0) is 20.3 Å². The third-order valence-electron chi connectivity index (χ3n) is 3.55. The van der Waals surface area contributed by atoms with E-state index in [-0.39, 0.29) is 10.8 Å². The molecule has 0 radical (unpaired) electrons. The number of aromatic amines is 1. The molecule has 1 aliphatic rings. The normalized spacial score (nSPS) is 21.7. The van der Waals surface area contributed by atoms with Crippen LogP contribution in [0.4, 0.5) is 0 Å². The Labute approximate surface area is 119 Å². The number of nitrogens with zero attached hydrogens (tertiary/aromatic N) is 2. The van der Waals surface area contributed by atoms with E-state index < -0.39 is 25.1 Å². The monoisotopic (exact) mass is 321 g/mol. The first kappa shape index (κ1) is 15.5.